The number of hydrogen-bond acceptors (Lipinski definition) is 3. The average Bonchev–Trinajstić information content (AvgIpc) is 2.65. The number of aryl methyl sites for hydroxylation is 1. The smallest absolute Gasteiger partial charge is 0.219 e. The van der Waals surface area contributed by atoms with Crippen molar-refractivity contribution in [3.63, 3.8) is 0 Å². The number of aromatic nitrogens is 3. The van der Waals surface area contributed by atoms with Crippen molar-refractivity contribution in [1.29, 1.82) is 0 Å². The molecular formula is C10H16N4O. The Morgan fingerprint density at radius 2 is 2.13 bits per heavy atom. The molecule has 1 fully saturated rings. The fourth-order valence-electron chi connectivity index (χ4n) is 2.12. The number of hydrogen-bond donors (Lipinski definition) is 0. The third-order valence-electron chi connectivity index (χ3n) is 3.06. The van der Waals surface area contributed by atoms with Crippen LogP contribution in [-0.4, -0.2) is 38.7 Å². The van der Waals surface area contributed by atoms with E-state index in [-0.39, 0.29) is 5.91 Å². The van der Waals surface area contributed by atoms with E-state index in [1.807, 2.05) is 11.8 Å². The highest BCUT2D eigenvalue weighted by molar-refractivity contribution is 5.73. The van der Waals surface area contributed by atoms with E-state index >= 15 is 0 Å². The molecule has 5 heteroatoms. The predicted octanol–water partition coefficient (Wildman–Crippen LogP) is 0.770. The van der Waals surface area contributed by atoms with Gasteiger partial charge in [-0.2, -0.15) is 0 Å². The fourth-order valence-corrected chi connectivity index (χ4v) is 2.12. The van der Waals surface area contributed by atoms with Gasteiger partial charge in [0.2, 0.25) is 5.91 Å². The Morgan fingerprint density at radius 1 is 1.47 bits per heavy atom. The van der Waals surface area contributed by atoms with Crippen molar-refractivity contribution in [3.8, 4) is 0 Å². The van der Waals surface area contributed by atoms with Crippen LogP contribution >= 0.6 is 0 Å². The third kappa shape index (κ3) is 2.00. The maximum Gasteiger partial charge on any atom is 0.219 e. The molecule has 1 saturated heterocycles. The second-order valence-electron chi connectivity index (χ2n) is 4.02. The Bertz CT molecular complexity index is 352. The summed E-state index contributed by atoms with van der Waals surface area (Å²) < 4.78 is 2.11. The van der Waals surface area contributed by atoms with Crippen LogP contribution in [0.5, 0.6) is 0 Å². The van der Waals surface area contributed by atoms with E-state index in [0.717, 1.165) is 31.8 Å². The Kier molecular flexibility index (Phi) is 2.70. The molecule has 0 aliphatic carbocycles. The molecule has 0 unspecified atom stereocenters. The molecule has 0 radical (unpaired) electrons. The van der Waals surface area contributed by atoms with Crippen LogP contribution < -0.4 is 0 Å². The second-order valence-corrected chi connectivity index (χ2v) is 4.02. The minimum Gasteiger partial charge on any atom is -0.343 e. The molecule has 0 aromatic carbocycles. The van der Waals surface area contributed by atoms with E-state index in [2.05, 4.69) is 14.8 Å². The monoisotopic (exact) mass is 208 g/mol. The van der Waals surface area contributed by atoms with Crippen LogP contribution in [0.2, 0.25) is 0 Å². The van der Waals surface area contributed by atoms with Gasteiger partial charge < -0.3 is 9.47 Å². The van der Waals surface area contributed by atoms with Gasteiger partial charge in [-0.15, -0.1) is 10.2 Å². The van der Waals surface area contributed by atoms with Gasteiger partial charge in [0.15, 0.2) is 0 Å². The summed E-state index contributed by atoms with van der Waals surface area (Å²) >= 11 is 0. The van der Waals surface area contributed by atoms with Crippen molar-refractivity contribution in [3.05, 3.63) is 12.2 Å². The summed E-state index contributed by atoms with van der Waals surface area (Å²) in [5.74, 6) is 1.13. The molecule has 1 aromatic rings. The van der Waals surface area contributed by atoms with Crippen LogP contribution in [0.4, 0.5) is 0 Å². The topological polar surface area (TPSA) is 51.0 Å². The number of likely N-dealkylation sites (tertiary alicyclic amines) is 1. The molecule has 1 aliphatic heterocycles. The maximum absolute atomic E-state index is 11.2. The second kappa shape index (κ2) is 4.00. The molecule has 82 valence electrons. The van der Waals surface area contributed by atoms with Gasteiger partial charge in [-0.3, -0.25) is 4.79 Å². The predicted molar refractivity (Wildman–Crippen MR) is 55.3 cm³/mol. The molecule has 1 aromatic heterocycles. The van der Waals surface area contributed by atoms with E-state index < -0.39 is 0 Å². The first-order valence-electron chi connectivity index (χ1n) is 5.30. The van der Waals surface area contributed by atoms with E-state index in [1.165, 1.54) is 0 Å². The van der Waals surface area contributed by atoms with Crippen LogP contribution in [0.3, 0.4) is 0 Å². The largest absolute Gasteiger partial charge is 0.343 e. The fraction of sp³-hybridized carbons (Fsp3) is 0.700. The first-order valence-corrected chi connectivity index (χ1v) is 5.30. The molecule has 0 N–H and O–H groups in total. The molecule has 15 heavy (non-hydrogen) atoms. The van der Waals surface area contributed by atoms with Crippen molar-refractivity contribution >= 4 is 5.91 Å². The van der Waals surface area contributed by atoms with Gasteiger partial charge in [-0.1, -0.05) is 0 Å². The van der Waals surface area contributed by atoms with Gasteiger partial charge >= 0.3 is 0 Å². The zero-order chi connectivity index (χ0) is 10.8. The van der Waals surface area contributed by atoms with Crippen LogP contribution in [0.15, 0.2) is 6.33 Å². The molecule has 1 amide bonds. The first-order chi connectivity index (χ1) is 7.18. The minimum absolute atomic E-state index is 0.175. The van der Waals surface area contributed by atoms with Crippen LogP contribution in [0.1, 0.15) is 31.6 Å². The molecule has 1 aliphatic rings. The summed E-state index contributed by atoms with van der Waals surface area (Å²) in [4.78, 5) is 13.1. The number of amides is 1. The van der Waals surface area contributed by atoms with Gasteiger partial charge in [-0.25, -0.2) is 0 Å². The first kappa shape index (κ1) is 10.1. The van der Waals surface area contributed by atoms with Crippen molar-refractivity contribution in [2.24, 2.45) is 0 Å². The van der Waals surface area contributed by atoms with Crippen LogP contribution in [0.25, 0.3) is 0 Å². The minimum atomic E-state index is 0.175. The normalized spacial score (nSPS) is 18.1. The molecule has 2 rings (SSSR count). The van der Waals surface area contributed by atoms with Crippen LogP contribution in [-0.2, 0) is 4.79 Å². The Morgan fingerprint density at radius 3 is 2.60 bits per heavy atom. The summed E-state index contributed by atoms with van der Waals surface area (Å²) in [5, 5.41) is 7.86. The van der Waals surface area contributed by atoms with E-state index in [9.17, 15) is 4.79 Å². The van der Waals surface area contributed by atoms with Gasteiger partial charge in [0.25, 0.3) is 0 Å². The number of nitrogens with zero attached hydrogens (tertiary/aromatic N) is 4. The van der Waals surface area contributed by atoms with Crippen molar-refractivity contribution in [2.75, 3.05) is 13.1 Å². The SMILES string of the molecule is CC(=O)N1CCC(n2cnnc2C)CC1. The highest BCUT2D eigenvalue weighted by atomic mass is 16.2. The lowest BCUT2D eigenvalue weighted by Gasteiger charge is -2.32. The average molecular weight is 208 g/mol. The lowest BCUT2D eigenvalue weighted by Crippen LogP contribution is -2.37. The Balaban J connectivity index is 2.00. The standard InChI is InChI=1S/C10H16N4O/c1-8-12-11-7-14(8)10-3-5-13(6-4-10)9(2)15/h7,10H,3-6H2,1-2H3. The molecule has 0 bridgehead atoms. The highest BCUT2D eigenvalue weighted by Gasteiger charge is 2.22. The zero-order valence-corrected chi connectivity index (χ0v) is 9.18. The van der Waals surface area contributed by atoms with Crippen LogP contribution in [0, 0.1) is 6.92 Å². The Labute approximate surface area is 89.1 Å². The van der Waals surface area contributed by atoms with E-state index in [4.69, 9.17) is 0 Å². The number of carbonyl (C=O) groups excluding carboxylic acids is 1. The summed E-state index contributed by atoms with van der Waals surface area (Å²) in [6, 6.07) is 0.454. The van der Waals surface area contributed by atoms with Crippen molar-refractivity contribution < 1.29 is 4.79 Å². The highest BCUT2D eigenvalue weighted by Crippen LogP contribution is 2.22. The van der Waals surface area contributed by atoms with Crippen molar-refractivity contribution in [1.82, 2.24) is 19.7 Å². The summed E-state index contributed by atoms with van der Waals surface area (Å²) in [6.45, 7) is 5.28. The van der Waals surface area contributed by atoms with E-state index in [0.29, 0.717) is 6.04 Å². The molecular weight excluding hydrogens is 192 g/mol. The quantitative estimate of drug-likeness (QED) is 0.685. The molecule has 0 saturated carbocycles. The summed E-state index contributed by atoms with van der Waals surface area (Å²) in [6.07, 6.45) is 3.78. The van der Waals surface area contributed by atoms with Gasteiger partial charge in [-0.05, 0) is 19.8 Å². The van der Waals surface area contributed by atoms with Crippen molar-refractivity contribution in [2.45, 2.75) is 32.7 Å². The lowest BCUT2D eigenvalue weighted by atomic mass is 10.0. The lowest BCUT2D eigenvalue weighted by molar-refractivity contribution is -0.130. The zero-order valence-electron chi connectivity index (χ0n) is 9.18. The molecule has 0 spiro atoms. The summed E-state index contributed by atoms with van der Waals surface area (Å²) in [7, 11) is 0. The Hall–Kier alpha value is -1.39. The number of carbonyl (C=O) groups is 1. The molecule has 2 heterocycles. The third-order valence-corrected chi connectivity index (χ3v) is 3.06. The number of rotatable bonds is 1. The maximum atomic E-state index is 11.2. The van der Waals surface area contributed by atoms with Gasteiger partial charge in [0.05, 0.1) is 0 Å². The molecule has 0 atom stereocenters. The summed E-state index contributed by atoms with van der Waals surface area (Å²) in [5.41, 5.74) is 0. The molecule has 5 nitrogen and oxygen atoms in total. The van der Waals surface area contributed by atoms with Gasteiger partial charge in [0.1, 0.15) is 12.2 Å². The van der Waals surface area contributed by atoms with E-state index in [1.54, 1.807) is 13.3 Å². The van der Waals surface area contributed by atoms with Gasteiger partial charge in [0, 0.05) is 26.1 Å². The number of piperidine rings is 1.